The minimum atomic E-state index is -3.63. The number of unbranched alkanes of at least 4 members (excludes halogenated alkanes) is 1. The van der Waals surface area contributed by atoms with E-state index >= 15 is 0 Å². The smallest absolute Gasteiger partial charge is 0.338 e. The second kappa shape index (κ2) is 11.2. The van der Waals surface area contributed by atoms with Crippen molar-refractivity contribution in [3.63, 3.8) is 0 Å². The highest BCUT2D eigenvalue weighted by Gasteiger charge is 2.22. The first-order valence-corrected chi connectivity index (χ1v) is 13.4. The van der Waals surface area contributed by atoms with Crippen molar-refractivity contribution < 1.29 is 22.7 Å². The van der Waals surface area contributed by atoms with Gasteiger partial charge in [0.05, 0.1) is 22.8 Å². The van der Waals surface area contributed by atoms with Gasteiger partial charge >= 0.3 is 5.97 Å². The van der Waals surface area contributed by atoms with Crippen LogP contribution in [0.1, 0.15) is 35.7 Å². The van der Waals surface area contributed by atoms with Crippen molar-refractivity contribution in [3.05, 3.63) is 96.2 Å². The molecule has 0 spiro atoms. The lowest BCUT2D eigenvalue weighted by atomic mass is 10.2. The standard InChI is InChI=1S/C28H28N2O5S/c1-2-3-17-35-28(32)22-13-15-23(16-14-22)29-27(31)19-30-18-26(24-11-7-8-12-25(24)30)36(33,34)20-21-9-5-4-6-10-21/h4-16,18H,2-3,17,19-20H2,1H3,(H,29,31). The van der Waals surface area contributed by atoms with Crippen LogP contribution in [-0.2, 0) is 31.7 Å². The number of nitrogens with one attached hydrogen (secondary N) is 1. The molecule has 36 heavy (non-hydrogen) atoms. The number of anilines is 1. The molecule has 0 saturated heterocycles. The maximum atomic E-state index is 13.2. The number of carbonyl (C=O) groups is 2. The maximum absolute atomic E-state index is 13.2. The van der Waals surface area contributed by atoms with Crippen LogP contribution in [-0.4, -0.2) is 31.5 Å². The SMILES string of the molecule is CCCCOC(=O)c1ccc(NC(=O)Cn2cc(S(=O)(=O)Cc3ccccc3)c3ccccc32)cc1. The fourth-order valence-corrected chi connectivity index (χ4v) is 5.48. The maximum Gasteiger partial charge on any atom is 0.338 e. The average molecular weight is 505 g/mol. The molecule has 4 aromatic rings. The van der Waals surface area contributed by atoms with Gasteiger partial charge in [0.25, 0.3) is 0 Å². The molecule has 1 aromatic heterocycles. The Kier molecular flexibility index (Phi) is 7.85. The summed E-state index contributed by atoms with van der Waals surface area (Å²) in [6.07, 6.45) is 3.27. The van der Waals surface area contributed by atoms with Crippen molar-refractivity contribution >= 4 is 38.3 Å². The highest BCUT2D eigenvalue weighted by Crippen LogP contribution is 2.28. The van der Waals surface area contributed by atoms with Gasteiger partial charge in [-0.25, -0.2) is 13.2 Å². The van der Waals surface area contributed by atoms with Crippen molar-refractivity contribution in [2.75, 3.05) is 11.9 Å². The van der Waals surface area contributed by atoms with Gasteiger partial charge < -0.3 is 14.6 Å². The first kappa shape index (κ1) is 25.2. The van der Waals surface area contributed by atoms with Gasteiger partial charge in [0, 0.05) is 22.8 Å². The largest absolute Gasteiger partial charge is 0.462 e. The molecule has 0 aliphatic heterocycles. The number of benzene rings is 3. The lowest BCUT2D eigenvalue weighted by Gasteiger charge is -2.08. The van der Waals surface area contributed by atoms with Crippen molar-refractivity contribution in [2.24, 2.45) is 0 Å². The number of ether oxygens (including phenoxy) is 1. The van der Waals surface area contributed by atoms with E-state index in [1.807, 2.05) is 19.1 Å². The van der Waals surface area contributed by atoms with E-state index in [9.17, 15) is 18.0 Å². The summed E-state index contributed by atoms with van der Waals surface area (Å²) in [6, 6.07) is 22.6. The van der Waals surface area contributed by atoms with E-state index in [1.165, 1.54) is 6.20 Å². The number of esters is 1. The third-order valence-corrected chi connectivity index (χ3v) is 7.44. The topological polar surface area (TPSA) is 94.5 Å². The van der Waals surface area contributed by atoms with E-state index in [-0.39, 0.29) is 23.1 Å². The van der Waals surface area contributed by atoms with Gasteiger partial charge in [-0.3, -0.25) is 4.79 Å². The van der Waals surface area contributed by atoms with E-state index in [1.54, 1.807) is 71.3 Å². The molecule has 0 saturated carbocycles. The molecular formula is C28H28N2O5S. The second-order valence-electron chi connectivity index (χ2n) is 8.50. The lowest BCUT2D eigenvalue weighted by Crippen LogP contribution is -2.18. The molecule has 3 aromatic carbocycles. The van der Waals surface area contributed by atoms with Crippen LogP contribution in [0.4, 0.5) is 5.69 Å². The van der Waals surface area contributed by atoms with Crippen molar-refractivity contribution in [1.82, 2.24) is 4.57 Å². The molecule has 1 amide bonds. The molecule has 1 heterocycles. The van der Waals surface area contributed by atoms with Crippen LogP contribution in [0.5, 0.6) is 0 Å². The highest BCUT2D eigenvalue weighted by molar-refractivity contribution is 7.90. The number of hydrogen-bond donors (Lipinski definition) is 1. The molecule has 0 aliphatic rings. The second-order valence-corrected chi connectivity index (χ2v) is 10.5. The molecule has 0 atom stereocenters. The Morgan fingerprint density at radius 3 is 2.33 bits per heavy atom. The normalized spacial score (nSPS) is 11.4. The zero-order chi connectivity index (χ0) is 25.5. The molecule has 0 aliphatic carbocycles. The van der Waals surface area contributed by atoms with E-state index in [0.29, 0.717) is 34.3 Å². The monoisotopic (exact) mass is 504 g/mol. The predicted molar refractivity (Wildman–Crippen MR) is 140 cm³/mol. The van der Waals surface area contributed by atoms with Crippen LogP contribution in [0.25, 0.3) is 10.9 Å². The molecular weight excluding hydrogens is 476 g/mol. The van der Waals surface area contributed by atoms with Crippen LogP contribution >= 0.6 is 0 Å². The van der Waals surface area contributed by atoms with Crippen molar-refractivity contribution in [1.29, 1.82) is 0 Å². The first-order chi connectivity index (χ1) is 17.4. The Hall–Kier alpha value is -3.91. The van der Waals surface area contributed by atoms with Gasteiger partial charge in [-0.1, -0.05) is 61.9 Å². The molecule has 8 heteroatoms. The average Bonchev–Trinajstić information content (AvgIpc) is 3.24. The van der Waals surface area contributed by atoms with Gasteiger partial charge in [0.2, 0.25) is 5.91 Å². The fraction of sp³-hybridized carbons (Fsp3) is 0.214. The summed E-state index contributed by atoms with van der Waals surface area (Å²) in [5.74, 6) is -0.841. The number of nitrogens with zero attached hydrogens (tertiary/aromatic N) is 1. The van der Waals surface area contributed by atoms with Crippen LogP contribution in [0.3, 0.4) is 0 Å². The van der Waals surface area contributed by atoms with Crippen LogP contribution < -0.4 is 5.32 Å². The Balaban J connectivity index is 1.49. The number of hydrogen-bond acceptors (Lipinski definition) is 5. The molecule has 0 fully saturated rings. The highest BCUT2D eigenvalue weighted by atomic mass is 32.2. The quantitative estimate of drug-likeness (QED) is 0.236. The summed E-state index contributed by atoms with van der Waals surface area (Å²) in [4.78, 5) is 25.0. The van der Waals surface area contributed by atoms with Gasteiger partial charge in [-0.2, -0.15) is 0 Å². The number of fused-ring (bicyclic) bond motifs is 1. The predicted octanol–water partition coefficient (Wildman–Crippen LogP) is 5.21. The molecule has 186 valence electrons. The Bertz CT molecular complexity index is 1460. The number of para-hydroxylation sites is 1. The van der Waals surface area contributed by atoms with E-state index in [2.05, 4.69) is 5.32 Å². The van der Waals surface area contributed by atoms with E-state index < -0.39 is 15.8 Å². The zero-order valence-corrected chi connectivity index (χ0v) is 20.8. The number of aromatic nitrogens is 1. The third kappa shape index (κ3) is 6.01. The van der Waals surface area contributed by atoms with Gasteiger partial charge in [-0.05, 0) is 42.3 Å². The summed E-state index contributed by atoms with van der Waals surface area (Å²) >= 11 is 0. The minimum Gasteiger partial charge on any atom is -0.462 e. The van der Waals surface area contributed by atoms with Gasteiger partial charge in [0.1, 0.15) is 6.54 Å². The first-order valence-electron chi connectivity index (χ1n) is 11.8. The number of rotatable bonds is 10. The summed E-state index contributed by atoms with van der Waals surface area (Å²) in [5.41, 5.74) is 2.29. The molecule has 0 bridgehead atoms. The Labute approximate surface area is 210 Å². The van der Waals surface area contributed by atoms with Crippen molar-refractivity contribution in [2.45, 2.75) is 37.0 Å². The van der Waals surface area contributed by atoms with Crippen molar-refractivity contribution in [3.8, 4) is 0 Å². The summed E-state index contributed by atoms with van der Waals surface area (Å²) in [5, 5.41) is 3.38. The number of sulfone groups is 1. The van der Waals surface area contributed by atoms with Crippen LogP contribution in [0.15, 0.2) is 90.0 Å². The number of amides is 1. The van der Waals surface area contributed by atoms with E-state index in [0.717, 1.165) is 12.8 Å². The summed E-state index contributed by atoms with van der Waals surface area (Å²) < 4.78 is 33.3. The summed E-state index contributed by atoms with van der Waals surface area (Å²) in [7, 11) is -3.63. The molecule has 4 rings (SSSR count). The molecule has 0 unspecified atom stereocenters. The Morgan fingerprint density at radius 1 is 0.917 bits per heavy atom. The fourth-order valence-electron chi connectivity index (χ4n) is 3.90. The number of carbonyl (C=O) groups excluding carboxylic acids is 2. The molecule has 0 radical (unpaired) electrons. The molecule has 7 nitrogen and oxygen atoms in total. The zero-order valence-electron chi connectivity index (χ0n) is 20.0. The van der Waals surface area contributed by atoms with Gasteiger partial charge in [-0.15, -0.1) is 0 Å². The third-order valence-electron chi connectivity index (χ3n) is 5.74. The Morgan fingerprint density at radius 2 is 1.61 bits per heavy atom. The lowest BCUT2D eigenvalue weighted by molar-refractivity contribution is -0.116. The van der Waals surface area contributed by atoms with Crippen LogP contribution in [0, 0.1) is 0 Å². The van der Waals surface area contributed by atoms with Crippen LogP contribution in [0.2, 0.25) is 0 Å². The molecule has 1 N–H and O–H groups in total. The summed E-state index contributed by atoms with van der Waals surface area (Å²) in [6.45, 7) is 2.33. The minimum absolute atomic E-state index is 0.0673. The van der Waals surface area contributed by atoms with Gasteiger partial charge in [0.15, 0.2) is 9.84 Å². The van der Waals surface area contributed by atoms with E-state index in [4.69, 9.17) is 4.74 Å².